The topological polar surface area (TPSA) is 132 Å². The Bertz CT molecular complexity index is 1160. The van der Waals surface area contributed by atoms with E-state index in [0.29, 0.717) is 23.6 Å². The molecule has 0 spiro atoms. The van der Waals surface area contributed by atoms with E-state index < -0.39 is 16.3 Å². The SMILES string of the molecule is CC[C@@H](N=C1NS(=O)(=O)N=C1Nc1cccc(C(=NC)N(C)C)c1O)c1ccc(C)o1. The van der Waals surface area contributed by atoms with E-state index in [9.17, 15) is 13.5 Å². The molecule has 1 aliphatic rings. The molecule has 1 aromatic carbocycles. The minimum absolute atomic E-state index is 0.0194. The quantitative estimate of drug-likeness (QED) is 0.367. The minimum atomic E-state index is -3.95. The van der Waals surface area contributed by atoms with Gasteiger partial charge < -0.3 is 19.7 Å². The molecule has 1 aromatic heterocycles. The summed E-state index contributed by atoms with van der Waals surface area (Å²) in [5.41, 5.74) is 0.760. The molecule has 0 radical (unpaired) electrons. The van der Waals surface area contributed by atoms with E-state index >= 15 is 0 Å². The van der Waals surface area contributed by atoms with Crippen LogP contribution >= 0.6 is 0 Å². The number of anilines is 1. The van der Waals surface area contributed by atoms with Crippen LogP contribution in [0.3, 0.4) is 0 Å². The first-order valence-corrected chi connectivity index (χ1v) is 11.1. The lowest BCUT2D eigenvalue weighted by atomic mass is 10.1. The number of benzene rings is 1. The van der Waals surface area contributed by atoms with Crippen molar-refractivity contribution < 1.29 is 17.9 Å². The summed E-state index contributed by atoms with van der Waals surface area (Å²) in [6.45, 7) is 3.75. The fraction of sp³-hybridized carbons (Fsp3) is 0.350. The van der Waals surface area contributed by atoms with Gasteiger partial charge in [-0.3, -0.25) is 9.98 Å². The molecule has 2 heterocycles. The second-order valence-corrected chi connectivity index (χ2v) is 8.47. The van der Waals surface area contributed by atoms with E-state index in [0.717, 1.165) is 5.76 Å². The number of hydrogen-bond donors (Lipinski definition) is 3. The van der Waals surface area contributed by atoms with Crippen molar-refractivity contribution in [3.8, 4) is 5.75 Å². The van der Waals surface area contributed by atoms with Crippen molar-refractivity contribution in [3.05, 3.63) is 47.4 Å². The maximum atomic E-state index is 12.1. The van der Waals surface area contributed by atoms with Gasteiger partial charge in [-0.1, -0.05) is 13.0 Å². The predicted molar refractivity (Wildman–Crippen MR) is 121 cm³/mol. The zero-order valence-corrected chi connectivity index (χ0v) is 18.9. The van der Waals surface area contributed by atoms with Crippen LogP contribution in [0.2, 0.25) is 0 Å². The Morgan fingerprint density at radius 2 is 2.06 bits per heavy atom. The second-order valence-electron chi connectivity index (χ2n) is 7.14. The molecule has 0 unspecified atom stereocenters. The van der Waals surface area contributed by atoms with Crippen molar-refractivity contribution in [2.75, 3.05) is 26.5 Å². The number of phenols is 1. The molecule has 0 amide bonds. The number of aliphatic imine (C=N–C) groups is 2. The lowest BCUT2D eigenvalue weighted by Gasteiger charge is -2.18. The van der Waals surface area contributed by atoms with E-state index in [1.807, 2.05) is 40.1 Å². The van der Waals surface area contributed by atoms with Gasteiger partial charge in [-0.2, -0.15) is 8.42 Å². The van der Waals surface area contributed by atoms with Gasteiger partial charge in [-0.25, -0.2) is 4.72 Å². The van der Waals surface area contributed by atoms with E-state index in [2.05, 4.69) is 24.4 Å². The molecule has 0 aliphatic carbocycles. The van der Waals surface area contributed by atoms with Crippen LogP contribution in [-0.2, 0) is 10.2 Å². The Morgan fingerprint density at radius 3 is 2.65 bits per heavy atom. The highest BCUT2D eigenvalue weighted by atomic mass is 32.2. The molecule has 3 N–H and O–H groups in total. The maximum Gasteiger partial charge on any atom is 0.345 e. The zero-order valence-electron chi connectivity index (χ0n) is 18.0. The molecule has 1 aliphatic heterocycles. The van der Waals surface area contributed by atoms with E-state index in [4.69, 9.17) is 4.42 Å². The van der Waals surface area contributed by atoms with Crippen molar-refractivity contribution in [2.45, 2.75) is 26.3 Å². The van der Waals surface area contributed by atoms with E-state index in [1.54, 1.807) is 30.1 Å². The number of aryl methyl sites for hydroxylation is 1. The summed E-state index contributed by atoms with van der Waals surface area (Å²) in [4.78, 5) is 10.5. The molecule has 31 heavy (non-hydrogen) atoms. The molecular formula is C20H26N6O4S. The number of nitrogens with zero attached hydrogens (tertiary/aromatic N) is 4. The van der Waals surface area contributed by atoms with E-state index in [1.165, 1.54) is 0 Å². The van der Waals surface area contributed by atoms with Gasteiger partial charge in [-0.05, 0) is 37.6 Å². The highest BCUT2D eigenvalue weighted by Gasteiger charge is 2.29. The second kappa shape index (κ2) is 8.80. The molecule has 0 fully saturated rings. The molecule has 0 saturated heterocycles. The zero-order chi connectivity index (χ0) is 22.8. The third-order valence-corrected chi connectivity index (χ3v) is 5.46. The third-order valence-electron chi connectivity index (χ3n) is 4.59. The summed E-state index contributed by atoms with van der Waals surface area (Å²) in [6, 6.07) is 8.29. The first kappa shape index (κ1) is 22.3. The fourth-order valence-corrected chi connectivity index (χ4v) is 4.00. The summed E-state index contributed by atoms with van der Waals surface area (Å²) < 4.78 is 35.9. The van der Waals surface area contributed by atoms with Crippen LogP contribution in [0.4, 0.5) is 5.69 Å². The molecule has 3 rings (SSSR count). The Hall–Kier alpha value is -3.34. The van der Waals surface area contributed by atoms with Crippen molar-refractivity contribution in [2.24, 2.45) is 14.4 Å². The Kier molecular flexibility index (Phi) is 6.34. The Morgan fingerprint density at radius 1 is 1.32 bits per heavy atom. The molecular weight excluding hydrogens is 420 g/mol. The van der Waals surface area contributed by atoms with Gasteiger partial charge in [0.05, 0.1) is 11.3 Å². The van der Waals surface area contributed by atoms with Crippen LogP contribution in [0.1, 0.15) is 36.5 Å². The number of amidine groups is 3. The first-order chi connectivity index (χ1) is 14.6. The van der Waals surface area contributed by atoms with Crippen molar-refractivity contribution in [1.82, 2.24) is 9.62 Å². The summed E-state index contributed by atoms with van der Waals surface area (Å²) in [5, 5.41) is 13.7. The summed E-state index contributed by atoms with van der Waals surface area (Å²) >= 11 is 0. The van der Waals surface area contributed by atoms with Gasteiger partial charge in [0.2, 0.25) is 0 Å². The molecule has 0 bridgehead atoms. The summed E-state index contributed by atoms with van der Waals surface area (Å²) in [6.07, 6.45) is 0.589. The standard InChI is InChI=1S/C20H26N6O4S/c1-6-14(16-11-10-12(2)30-16)22-18-19(25-31(28,29)24-18)23-15-9-7-8-13(17(15)27)20(21-3)26(4)5/h7-11,14,27H,6H2,1-5H3,(H,22,24)(H,23,25)/t14-/m1/s1. The number of phenolic OH excluding ortho intramolecular Hbond substituents is 1. The van der Waals surface area contributed by atoms with Crippen LogP contribution in [0.25, 0.3) is 0 Å². The first-order valence-electron chi connectivity index (χ1n) is 9.65. The highest BCUT2D eigenvalue weighted by molar-refractivity contribution is 7.89. The van der Waals surface area contributed by atoms with Crippen molar-refractivity contribution in [1.29, 1.82) is 0 Å². The molecule has 1 atom stereocenters. The van der Waals surface area contributed by atoms with Gasteiger partial charge >= 0.3 is 10.2 Å². The van der Waals surface area contributed by atoms with Gasteiger partial charge in [0.15, 0.2) is 11.7 Å². The lowest BCUT2D eigenvalue weighted by Crippen LogP contribution is -2.31. The average molecular weight is 447 g/mol. The molecule has 2 aromatic rings. The number of furan rings is 1. The van der Waals surface area contributed by atoms with E-state index in [-0.39, 0.29) is 23.1 Å². The van der Waals surface area contributed by atoms with Crippen LogP contribution in [-0.4, -0.2) is 57.1 Å². The van der Waals surface area contributed by atoms with Crippen LogP contribution in [0.15, 0.2) is 49.1 Å². The maximum absolute atomic E-state index is 12.1. The Balaban J connectivity index is 1.97. The molecule has 11 heteroatoms. The van der Waals surface area contributed by atoms with Crippen LogP contribution in [0.5, 0.6) is 5.75 Å². The highest BCUT2D eigenvalue weighted by Crippen LogP contribution is 2.30. The van der Waals surface area contributed by atoms with Crippen molar-refractivity contribution in [3.63, 3.8) is 0 Å². The normalized spacial score (nSPS) is 17.9. The number of aromatic hydroxyl groups is 1. The van der Waals surface area contributed by atoms with Gasteiger partial charge in [0.1, 0.15) is 29.1 Å². The van der Waals surface area contributed by atoms with Crippen LogP contribution in [0, 0.1) is 6.92 Å². The van der Waals surface area contributed by atoms with Crippen LogP contribution < -0.4 is 10.0 Å². The largest absolute Gasteiger partial charge is 0.505 e. The lowest BCUT2D eigenvalue weighted by molar-refractivity contribution is 0.442. The fourth-order valence-electron chi connectivity index (χ4n) is 3.18. The predicted octanol–water partition coefficient (Wildman–Crippen LogP) is 2.44. The minimum Gasteiger partial charge on any atom is -0.505 e. The monoisotopic (exact) mass is 446 g/mol. The number of hydrogen-bond acceptors (Lipinski definition) is 7. The summed E-state index contributed by atoms with van der Waals surface area (Å²) in [5.74, 6) is 1.86. The summed E-state index contributed by atoms with van der Waals surface area (Å²) in [7, 11) is 1.29. The molecule has 166 valence electrons. The van der Waals surface area contributed by atoms with Gasteiger partial charge in [0, 0.05) is 21.1 Å². The van der Waals surface area contributed by atoms with Crippen molar-refractivity contribution >= 4 is 33.4 Å². The number of nitrogens with one attached hydrogen (secondary N) is 2. The average Bonchev–Trinajstić information content (AvgIpc) is 3.25. The molecule has 10 nitrogen and oxygen atoms in total. The Labute approximate surface area is 181 Å². The molecule has 0 saturated carbocycles. The number of para-hydroxylation sites is 1. The van der Waals surface area contributed by atoms with Gasteiger partial charge in [0.25, 0.3) is 0 Å². The van der Waals surface area contributed by atoms with Gasteiger partial charge in [-0.15, -0.1) is 4.40 Å². The number of rotatable bonds is 5. The third kappa shape index (κ3) is 4.88. The smallest absolute Gasteiger partial charge is 0.345 e.